The highest BCUT2D eigenvalue weighted by atomic mass is 79.9. The Hall–Kier alpha value is -1.12. The standard InChI is InChI=1S/C22H25BrN2O2S2/c1-27-11-4-2-3-6-14(26)12-18-20(15-9-10-24-13-19(15)28-18)22-25-21-16(23)7-5-8-17(21)29-22/h5,7-8,24H,2-4,6,9-13H2,1H3. The lowest BCUT2D eigenvalue weighted by Crippen LogP contribution is -2.22. The number of fused-ring (bicyclic) bond motifs is 2. The second-order valence-corrected chi connectivity index (χ2v) is 10.4. The summed E-state index contributed by atoms with van der Waals surface area (Å²) in [5.74, 6) is 0.331. The van der Waals surface area contributed by atoms with Gasteiger partial charge in [0.1, 0.15) is 10.8 Å². The molecule has 1 aliphatic heterocycles. The molecule has 4 rings (SSSR count). The first-order valence-electron chi connectivity index (χ1n) is 10.1. The number of rotatable bonds is 9. The van der Waals surface area contributed by atoms with Crippen molar-refractivity contribution in [2.75, 3.05) is 20.3 Å². The zero-order chi connectivity index (χ0) is 20.2. The van der Waals surface area contributed by atoms with Crippen molar-refractivity contribution in [3.8, 4) is 10.6 Å². The molecule has 0 saturated carbocycles. The summed E-state index contributed by atoms with van der Waals surface area (Å²) in [6.45, 7) is 2.65. The van der Waals surface area contributed by atoms with Gasteiger partial charge in [-0.05, 0) is 59.4 Å². The summed E-state index contributed by atoms with van der Waals surface area (Å²) in [6, 6.07) is 6.20. The number of Topliss-reactive ketones (excluding diaryl/α,β-unsaturated/α-hetero) is 1. The van der Waals surface area contributed by atoms with Gasteiger partial charge in [-0.1, -0.05) is 12.5 Å². The number of nitrogens with one attached hydrogen (secondary N) is 1. The number of methoxy groups -OCH3 is 1. The lowest BCUT2D eigenvalue weighted by Gasteiger charge is -2.13. The number of thiazole rings is 1. The molecule has 0 amide bonds. The Labute approximate surface area is 187 Å². The van der Waals surface area contributed by atoms with E-state index in [0.717, 1.165) is 60.4 Å². The van der Waals surface area contributed by atoms with E-state index in [1.54, 1.807) is 29.8 Å². The molecule has 154 valence electrons. The van der Waals surface area contributed by atoms with Crippen LogP contribution in [0.3, 0.4) is 0 Å². The number of ketones is 1. The van der Waals surface area contributed by atoms with Crippen LogP contribution in [0.1, 0.15) is 41.0 Å². The Morgan fingerprint density at radius 2 is 2.17 bits per heavy atom. The number of carbonyl (C=O) groups excluding carboxylic acids is 1. The van der Waals surface area contributed by atoms with E-state index in [4.69, 9.17) is 9.72 Å². The van der Waals surface area contributed by atoms with Crippen LogP contribution in [0.25, 0.3) is 20.8 Å². The van der Waals surface area contributed by atoms with E-state index in [0.29, 0.717) is 18.6 Å². The Bertz CT molecular complexity index is 1010. The average Bonchev–Trinajstić information content (AvgIpc) is 3.29. The molecule has 29 heavy (non-hydrogen) atoms. The van der Waals surface area contributed by atoms with E-state index in [2.05, 4.69) is 33.4 Å². The predicted molar refractivity (Wildman–Crippen MR) is 125 cm³/mol. The second-order valence-electron chi connectivity index (χ2n) is 7.35. The van der Waals surface area contributed by atoms with Crippen LogP contribution in [-0.2, 0) is 28.9 Å². The fourth-order valence-corrected chi connectivity index (χ4v) is 6.90. The third-order valence-corrected chi connectivity index (χ3v) is 8.16. The SMILES string of the molecule is COCCCCCC(=O)Cc1sc2c(c1-c1nc3c(Br)cccc3s1)CCNC2. The van der Waals surface area contributed by atoms with Gasteiger partial charge in [0, 0.05) is 52.9 Å². The quantitative estimate of drug-likeness (QED) is 0.386. The van der Waals surface area contributed by atoms with Crippen molar-refractivity contribution < 1.29 is 9.53 Å². The summed E-state index contributed by atoms with van der Waals surface area (Å²) >= 11 is 7.16. The molecule has 1 N–H and O–H groups in total. The number of thiophene rings is 1. The molecule has 0 spiro atoms. The van der Waals surface area contributed by atoms with Gasteiger partial charge in [-0.2, -0.15) is 0 Å². The molecule has 0 atom stereocenters. The minimum atomic E-state index is 0.331. The molecule has 1 aliphatic rings. The molecule has 7 heteroatoms. The zero-order valence-corrected chi connectivity index (χ0v) is 19.8. The second kappa shape index (κ2) is 9.79. The van der Waals surface area contributed by atoms with Gasteiger partial charge in [0.25, 0.3) is 0 Å². The maximum Gasteiger partial charge on any atom is 0.138 e. The first kappa shape index (κ1) is 21.1. The topological polar surface area (TPSA) is 51.2 Å². The number of benzene rings is 1. The van der Waals surface area contributed by atoms with Crippen LogP contribution < -0.4 is 5.32 Å². The number of carbonyl (C=O) groups is 1. The minimum absolute atomic E-state index is 0.331. The predicted octanol–water partition coefficient (Wildman–Crippen LogP) is 5.75. The highest BCUT2D eigenvalue weighted by Gasteiger charge is 2.25. The number of hydrogen-bond donors (Lipinski definition) is 1. The van der Waals surface area contributed by atoms with E-state index in [-0.39, 0.29) is 0 Å². The van der Waals surface area contributed by atoms with Crippen LogP contribution in [0.4, 0.5) is 0 Å². The van der Waals surface area contributed by atoms with Crippen LogP contribution in [0.15, 0.2) is 22.7 Å². The molecule has 3 heterocycles. The van der Waals surface area contributed by atoms with E-state index < -0.39 is 0 Å². The van der Waals surface area contributed by atoms with Crippen molar-refractivity contribution in [3.63, 3.8) is 0 Å². The highest BCUT2D eigenvalue weighted by molar-refractivity contribution is 9.10. The third kappa shape index (κ3) is 4.80. The molecule has 4 nitrogen and oxygen atoms in total. The Morgan fingerprint density at radius 1 is 1.28 bits per heavy atom. The fourth-order valence-electron chi connectivity index (χ4n) is 3.80. The third-order valence-electron chi connectivity index (χ3n) is 5.25. The summed E-state index contributed by atoms with van der Waals surface area (Å²) in [6.07, 6.45) is 5.18. The lowest BCUT2D eigenvalue weighted by molar-refractivity contribution is -0.118. The Kier molecular flexibility index (Phi) is 7.13. The molecule has 0 aliphatic carbocycles. The Morgan fingerprint density at radius 3 is 3.00 bits per heavy atom. The van der Waals surface area contributed by atoms with Crippen LogP contribution in [0.5, 0.6) is 0 Å². The fraction of sp³-hybridized carbons (Fsp3) is 0.455. The normalized spacial score (nSPS) is 13.7. The number of aromatic nitrogens is 1. The molecule has 1 aromatic carbocycles. The number of ether oxygens (including phenoxy) is 1. The first-order valence-corrected chi connectivity index (χ1v) is 12.5. The van der Waals surface area contributed by atoms with Gasteiger partial charge in [0.2, 0.25) is 0 Å². The summed E-state index contributed by atoms with van der Waals surface area (Å²) in [5, 5.41) is 4.52. The number of para-hydroxylation sites is 1. The van der Waals surface area contributed by atoms with Gasteiger partial charge in [-0.15, -0.1) is 22.7 Å². The Balaban J connectivity index is 1.60. The van der Waals surface area contributed by atoms with Crippen LogP contribution in [-0.4, -0.2) is 31.0 Å². The molecular formula is C22H25BrN2O2S2. The number of unbranched alkanes of at least 4 members (excludes halogenated alkanes) is 2. The number of halogens is 1. The van der Waals surface area contributed by atoms with Crippen LogP contribution in [0.2, 0.25) is 0 Å². The molecule has 0 fully saturated rings. The summed E-state index contributed by atoms with van der Waals surface area (Å²) in [5.41, 5.74) is 3.64. The van der Waals surface area contributed by atoms with Crippen molar-refractivity contribution in [2.24, 2.45) is 0 Å². The number of nitrogens with zero attached hydrogens (tertiary/aromatic N) is 1. The molecule has 2 aromatic heterocycles. The van der Waals surface area contributed by atoms with Gasteiger partial charge >= 0.3 is 0 Å². The van der Waals surface area contributed by atoms with Gasteiger partial charge in [0.05, 0.1) is 10.2 Å². The molecule has 0 radical (unpaired) electrons. The van der Waals surface area contributed by atoms with Crippen molar-refractivity contribution in [3.05, 3.63) is 38.0 Å². The first-order chi connectivity index (χ1) is 14.2. The smallest absolute Gasteiger partial charge is 0.138 e. The van der Waals surface area contributed by atoms with Crippen molar-refractivity contribution in [1.29, 1.82) is 0 Å². The van der Waals surface area contributed by atoms with E-state index in [9.17, 15) is 4.79 Å². The number of hydrogen-bond acceptors (Lipinski definition) is 6. The zero-order valence-electron chi connectivity index (χ0n) is 16.6. The maximum atomic E-state index is 12.7. The summed E-state index contributed by atoms with van der Waals surface area (Å²) in [4.78, 5) is 20.2. The van der Waals surface area contributed by atoms with Crippen molar-refractivity contribution in [2.45, 2.75) is 45.1 Å². The van der Waals surface area contributed by atoms with Crippen LogP contribution >= 0.6 is 38.6 Å². The van der Waals surface area contributed by atoms with Crippen LogP contribution in [0, 0.1) is 0 Å². The van der Waals surface area contributed by atoms with Gasteiger partial charge in [-0.25, -0.2) is 4.98 Å². The molecule has 3 aromatic rings. The molecular weight excluding hydrogens is 468 g/mol. The van der Waals surface area contributed by atoms with Gasteiger partial charge < -0.3 is 10.1 Å². The average molecular weight is 493 g/mol. The summed E-state index contributed by atoms with van der Waals surface area (Å²) < 4.78 is 7.30. The highest BCUT2D eigenvalue weighted by Crippen LogP contribution is 2.42. The van der Waals surface area contributed by atoms with E-state index >= 15 is 0 Å². The summed E-state index contributed by atoms with van der Waals surface area (Å²) in [7, 11) is 1.72. The lowest BCUT2D eigenvalue weighted by atomic mass is 10.00. The molecule has 0 saturated heterocycles. The van der Waals surface area contributed by atoms with Crippen molar-refractivity contribution in [1.82, 2.24) is 10.3 Å². The maximum absolute atomic E-state index is 12.7. The minimum Gasteiger partial charge on any atom is -0.385 e. The van der Waals surface area contributed by atoms with Crippen molar-refractivity contribution >= 4 is 54.6 Å². The van der Waals surface area contributed by atoms with E-state index in [1.807, 2.05) is 6.07 Å². The van der Waals surface area contributed by atoms with E-state index in [1.165, 1.54) is 25.6 Å². The van der Waals surface area contributed by atoms with Gasteiger partial charge in [0.15, 0.2) is 0 Å². The molecule has 0 bridgehead atoms. The van der Waals surface area contributed by atoms with Gasteiger partial charge in [-0.3, -0.25) is 4.79 Å². The monoisotopic (exact) mass is 492 g/mol. The largest absolute Gasteiger partial charge is 0.385 e. The molecule has 0 unspecified atom stereocenters.